The van der Waals surface area contributed by atoms with Gasteiger partial charge in [-0.15, -0.1) is 0 Å². The van der Waals surface area contributed by atoms with Gasteiger partial charge in [0.15, 0.2) is 11.7 Å². The fourth-order valence-electron chi connectivity index (χ4n) is 3.62. The Hall–Kier alpha value is -3.55. The molecule has 2 aromatic heterocycles. The lowest BCUT2D eigenvalue weighted by molar-refractivity contribution is -0.132. The summed E-state index contributed by atoms with van der Waals surface area (Å²) < 4.78 is 19.5. The Morgan fingerprint density at radius 2 is 1.94 bits per heavy atom. The first kappa shape index (κ1) is 20.7. The topological polar surface area (TPSA) is 88.3 Å². The molecule has 3 heterocycles. The van der Waals surface area contributed by atoms with Crippen LogP contribution in [-0.4, -0.2) is 45.8 Å². The van der Waals surface area contributed by atoms with Crippen LogP contribution >= 0.6 is 0 Å². The van der Waals surface area contributed by atoms with E-state index in [1.165, 1.54) is 18.5 Å². The molecule has 0 aliphatic carbocycles. The van der Waals surface area contributed by atoms with E-state index >= 15 is 0 Å². The van der Waals surface area contributed by atoms with Crippen molar-refractivity contribution < 1.29 is 18.4 Å². The SMILES string of the molecule is O=C(NC1CCN(C(=O)CCc2ncc(-c3ccccc3F)o2)CC1)c1cccnc1. The van der Waals surface area contributed by atoms with Crippen LogP contribution in [0.1, 0.15) is 35.5 Å². The van der Waals surface area contributed by atoms with Crippen molar-refractivity contribution in [2.24, 2.45) is 0 Å². The molecule has 0 atom stereocenters. The molecule has 1 aliphatic heterocycles. The second-order valence-corrected chi connectivity index (χ2v) is 7.47. The number of piperidine rings is 1. The molecule has 0 radical (unpaired) electrons. The van der Waals surface area contributed by atoms with Crippen molar-refractivity contribution in [3.63, 3.8) is 0 Å². The number of carbonyl (C=O) groups excluding carboxylic acids is 2. The van der Waals surface area contributed by atoms with E-state index < -0.39 is 0 Å². The molecular formula is C23H23FN4O3. The van der Waals surface area contributed by atoms with E-state index in [9.17, 15) is 14.0 Å². The third-order valence-electron chi connectivity index (χ3n) is 5.35. The molecule has 0 bridgehead atoms. The van der Waals surface area contributed by atoms with Gasteiger partial charge in [0.05, 0.1) is 17.3 Å². The Morgan fingerprint density at radius 1 is 1.13 bits per heavy atom. The number of nitrogens with one attached hydrogen (secondary N) is 1. The van der Waals surface area contributed by atoms with Crippen LogP contribution in [0.15, 0.2) is 59.4 Å². The van der Waals surface area contributed by atoms with E-state index in [4.69, 9.17) is 4.42 Å². The minimum absolute atomic E-state index is 0.0164. The molecule has 1 aliphatic rings. The molecule has 3 aromatic rings. The first-order valence-electron chi connectivity index (χ1n) is 10.3. The molecule has 1 fully saturated rings. The normalized spacial score (nSPS) is 14.4. The summed E-state index contributed by atoms with van der Waals surface area (Å²) in [6, 6.07) is 9.82. The zero-order chi connectivity index (χ0) is 21.6. The van der Waals surface area contributed by atoms with Crippen LogP contribution in [0.2, 0.25) is 0 Å². The van der Waals surface area contributed by atoms with Crippen LogP contribution in [0.5, 0.6) is 0 Å². The third-order valence-corrected chi connectivity index (χ3v) is 5.35. The van der Waals surface area contributed by atoms with Crippen LogP contribution in [0.3, 0.4) is 0 Å². The smallest absolute Gasteiger partial charge is 0.253 e. The summed E-state index contributed by atoms with van der Waals surface area (Å²) in [5, 5.41) is 3.00. The fraction of sp³-hybridized carbons (Fsp3) is 0.304. The number of oxazole rings is 1. The Balaban J connectivity index is 1.24. The monoisotopic (exact) mass is 422 g/mol. The Morgan fingerprint density at radius 3 is 2.68 bits per heavy atom. The van der Waals surface area contributed by atoms with Gasteiger partial charge in [-0.25, -0.2) is 9.37 Å². The van der Waals surface area contributed by atoms with Gasteiger partial charge >= 0.3 is 0 Å². The molecule has 7 nitrogen and oxygen atoms in total. The van der Waals surface area contributed by atoms with Crippen LogP contribution < -0.4 is 5.32 Å². The van der Waals surface area contributed by atoms with Crippen LogP contribution in [0.25, 0.3) is 11.3 Å². The van der Waals surface area contributed by atoms with Crippen molar-refractivity contribution in [1.82, 2.24) is 20.2 Å². The predicted octanol–water partition coefficient (Wildman–Crippen LogP) is 3.23. The number of hydrogen-bond donors (Lipinski definition) is 1. The summed E-state index contributed by atoms with van der Waals surface area (Å²) in [6.07, 6.45) is 6.67. The van der Waals surface area contributed by atoms with Gasteiger partial charge in [0, 0.05) is 44.4 Å². The molecule has 0 saturated carbocycles. The average Bonchev–Trinajstić information content (AvgIpc) is 3.27. The maximum atomic E-state index is 13.9. The van der Waals surface area contributed by atoms with E-state index in [0.29, 0.717) is 55.1 Å². The van der Waals surface area contributed by atoms with Crippen LogP contribution in [0.4, 0.5) is 4.39 Å². The van der Waals surface area contributed by atoms with Gasteiger partial charge in [-0.05, 0) is 37.1 Å². The minimum Gasteiger partial charge on any atom is -0.441 e. The molecule has 0 spiro atoms. The first-order valence-corrected chi connectivity index (χ1v) is 10.3. The quantitative estimate of drug-likeness (QED) is 0.659. The number of aryl methyl sites for hydroxylation is 1. The molecule has 1 saturated heterocycles. The minimum atomic E-state index is -0.375. The van der Waals surface area contributed by atoms with Crippen LogP contribution in [-0.2, 0) is 11.2 Å². The van der Waals surface area contributed by atoms with E-state index in [0.717, 1.165) is 0 Å². The number of rotatable bonds is 6. The molecule has 160 valence electrons. The third kappa shape index (κ3) is 5.14. The van der Waals surface area contributed by atoms with Crippen molar-refractivity contribution in [1.29, 1.82) is 0 Å². The largest absolute Gasteiger partial charge is 0.441 e. The number of likely N-dealkylation sites (tertiary alicyclic amines) is 1. The summed E-state index contributed by atoms with van der Waals surface area (Å²) in [4.78, 5) is 34.7. The Bertz CT molecular complexity index is 1050. The highest BCUT2D eigenvalue weighted by Gasteiger charge is 2.24. The maximum Gasteiger partial charge on any atom is 0.253 e. The van der Waals surface area contributed by atoms with E-state index in [1.807, 2.05) is 0 Å². The summed E-state index contributed by atoms with van der Waals surface area (Å²) in [7, 11) is 0. The molecule has 8 heteroatoms. The van der Waals surface area contributed by atoms with Gasteiger partial charge in [-0.3, -0.25) is 14.6 Å². The van der Waals surface area contributed by atoms with Crippen molar-refractivity contribution in [2.75, 3.05) is 13.1 Å². The second-order valence-electron chi connectivity index (χ2n) is 7.47. The van der Waals surface area contributed by atoms with Crippen molar-refractivity contribution >= 4 is 11.8 Å². The zero-order valence-corrected chi connectivity index (χ0v) is 17.0. The van der Waals surface area contributed by atoms with Gasteiger partial charge in [-0.2, -0.15) is 0 Å². The summed E-state index contributed by atoms with van der Waals surface area (Å²) in [5.74, 6) is 0.255. The van der Waals surface area contributed by atoms with Gasteiger partial charge < -0.3 is 14.6 Å². The Kier molecular flexibility index (Phi) is 6.35. The van der Waals surface area contributed by atoms with Crippen LogP contribution in [0, 0.1) is 5.82 Å². The number of halogens is 1. The Labute approximate surface area is 179 Å². The molecule has 0 unspecified atom stereocenters. The molecular weight excluding hydrogens is 399 g/mol. The highest BCUT2D eigenvalue weighted by Crippen LogP contribution is 2.23. The number of carbonyl (C=O) groups is 2. The average molecular weight is 422 g/mol. The van der Waals surface area contributed by atoms with E-state index in [-0.39, 0.29) is 30.1 Å². The first-order chi connectivity index (χ1) is 15.1. The number of hydrogen-bond acceptors (Lipinski definition) is 5. The lowest BCUT2D eigenvalue weighted by Crippen LogP contribution is -2.46. The van der Waals surface area contributed by atoms with E-state index in [2.05, 4.69) is 15.3 Å². The fourth-order valence-corrected chi connectivity index (χ4v) is 3.62. The number of pyridine rings is 1. The lowest BCUT2D eigenvalue weighted by Gasteiger charge is -2.32. The molecule has 2 amide bonds. The molecule has 1 aromatic carbocycles. The predicted molar refractivity (Wildman–Crippen MR) is 112 cm³/mol. The highest BCUT2D eigenvalue weighted by atomic mass is 19.1. The molecule has 31 heavy (non-hydrogen) atoms. The maximum absolute atomic E-state index is 13.9. The number of benzene rings is 1. The highest BCUT2D eigenvalue weighted by molar-refractivity contribution is 5.94. The van der Waals surface area contributed by atoms with Gasteiger partial charge in [0.1, 0.15) is 5.82 Å². The van der Waals surface area contributed by atoms with Gasteiger partial charge in [0.25, 0.3) is 5.91 Å². The number of nitrogens with zero attached hydrogens (tertiary/aromatic N) is 3. The van der Waals surface area contributed by atoms with Crippen molar-refractivity contribution in [3.8, 4) is 11.3 Å². The number of aromatic nitrogens is 2. The molecule has 4 rings (SSSR count). The van der Waals surface area contributed by atoms with Crippen molar-refractivity contribution in [2.45, 2.75) is 31.7 Å². The van der Waals surface area contributed by atoms with Gasteiger partial charge in [0.2, 0.25) is 5.91 Å². The van der Waals surface area contributed by atoms with E-state index in [1.54, 1.807) is 41.4 Å². The summed E-state index contributed by atoms with van der Waals surface area (Å²) in [6.45, 7) is 1.17. The lowest BCUT2D eigenvalue weighted by atomic mass is 10.0. The zero-order valence-electron chi connectivity index (χ0n) is 17.0. The summed E-state index contributed by atoms with van der Waals surface area (Å²) in [5.41, 5.74) is 0.879. The summed E-state index contributed by atoms with van der Waals surface area (Å²) >= 11 is 0. The standard InChI is InChI=1S/C23H23FN4O3/c24-19-6-2-1-5-18(19)20-15-26-21(31-20)7-8-22(29)28-12-9-17(10-13-28)27-23(30)16-4-3-11-25-14-16/h1-6,11,14-15,17H,7-10,12-13H2,(H,27,30). The molecule has 1 N–H and O–H groups in total. The van der Waals surface area contributed by atoms with Gasteiger partial charge in [-0.1, -0.05) is 12.1 Å². The number of amides is 2. The van der Waals surface area contributed by atoms with Crippen molar-refractivity contribution in [3.05, 3.63) is 72.3 Å². The second kappa shape index (κ2) is 9.51.